The normalized spacial score (nSPS) is 11.5. The average Bonchev–Trinajstić information content (AvgIpc) is 3.12. The summed E-state index contributed by atoms with van der Waals surface area (Å²) in [5, 5.41) is 6.87. The molecule has 3 rings (SSSR count). The Morgan fingerprint density at radius 3 is 2.57 bits per heavy atom. The van der Waals surface area contributed by atoms with E-state index in [0.29, 0.717) is 37.4 Å². The summed E-state index contributed by atoms with van der Waals surface area (Å²) in [7, 11) is 0. The van der Waals surface area contributed by atoms with Gasteiger partial charge in [0.1, 0.15) is 0 Å². The monoisotopic (exact) mass is 418 g/mol. The lowest BCUT2D eigenvalue weighted by atomic mass is 10.2. The predicted octanol–water partition coefficient (Wildman–Crippen LogP) is 3.93. The smallest absolute Gasteiger partial charge is 0.377 e. The van der Waals surface area contributed by atoms with Crippen LogP contribution in [0.25, 0.3) is 5.82 Å². The van der Waals surface area contributed by atoms with Crippen LogP contribution in [-0.2, 0) is 17.5 Å². The van der Waals surface area contributed by atoms with E-state index in [0.717, 1.165) is 17.8 Å². The molecule has 0 aliphatic carbocycles. The number of halogens is 3. The second-order valence-corrected chi connectivity index (χ2v) is 6.61. The molecule has 0 radical (unpaired) electrons. The summed E-state index contributed by atoms with van der Waals surface area (Å²) in [5.41, 5.74) is 1.06. The largest absolute Gasteiger partial charge is 0.417 e. The van der Waals surface area contributed by atoms with Crippen molar-refractivity contribution in [2.24, 2.45) is 0 Å². The van der Waals surface area contributed by atoms with Gasteiger partial charge < -0.3 is 10.1 Å². The van der Waals surface area contributed by atoms with E-state index in [4.69, 9.17) is 4.74 Å². The molecule has 1 amide bonds. The number of amides is 1. The molecule has 1 aromatic carbocycles. The van der Waals surface area contributed by atoms with Crippen molar-refractivity contribution in [2.45, 2.75) is 26.1 Å². The fraction of sp³-hybridized carbons (Fsp3) is 0.286. The van der Waals surface area contributed by atoms with Gasteiger partial charge in [0.15, 0.2) is 5.82 Å². The van der Waals surface area contributed by atoms with E-state index < -0.39 is 11.7 Å². The van der Waals surface area contributed by atoms with Crippen molar-refractivity contribution in [1.82, 2.24) is 20.1 Å². The molecular weight excluding hydrogens is 397 g/mol. The maximum atomic E-state index is 12.7. The summed E-state index contributed by atoms with van der Waals surface area (Å²) in [6.07, 6.45) is -1.70. The summed E-state index contributed by atoms with van der Waals surface area (Å²) in [6, 6.07) is 11.9. The molecule has 0 atom stereocenters. The Balaban J connectivity index is 1.49. The Bertz CT molecular complexity index is 970. The van der Waals surface area contributed by atoms with E-state index in [2.05, 4.69) is 15.4 Å². The van der Waals surface area contributed by atoms with E-state index in [1.54, 1.807) is 6.92 Å². The summed E-state index contributed by atoms with van der Waals surface area (Å²) in [6.45, 7) is 3.10. The second kappa shape index (κ2) is 9.53. The van der Waals surface area contributed by atoms with Gasteiger partial charge in [-0.2, -0.15) is 18.3 Å². The molecule has 9 heteroatoms. The lowest BCUT2D eigenvalue weighted by Gasteiger charge is -2.09. The third kappa shape index (κ3) is 5.44. The number of rotatable bonds is 8. The van der Waals surface area contributed by atoms with E-state index in [1.165, 1.54) is 16.9 Å². The molecule has 0 spiro atoms. The van der Waals surface area contributed by atoms with Gasteiger partial charge in [-0.05, 0) is 31.0 Å². The molecule has 0 unspecified atom stereocenters. The zero-order valence-electron chi connectivity index (χ0n) is 16.3. The highest BCUT2D eigenvalue weighted by atomic mass is 19.4. The van der Waals surface area contributed by atoms with Gasteiger partial charge in [0.2, 0.25) is 0 Å². The molecule has 2 aromatic heterocycles. The quantitative estimate of drug-likeness (QED) is 0.563. The van der Waals surface area contributed by atoms with Crippen molar-refractivity contribution in [1.29, 1.82) is 0 Å². The minimum atomic E-state index is -4.46. The van der Waals surface area contributed by atoms with Crippen LogP contribution in [0.4, 0.5) is 13.2 Å². The van der Waals surface area contributed by atoms with Crippen LogP contribution in [0, 0.1) is 6.92 Å². The maximum Gasteiger partial charge on any atom is 0.417 e. The first kappa shape index (κ1) is 21.5. The average molecular weight is 418 g/mol. The molecule has 6 nitrogen and oxygen atoms in total. The molecule has 30 heavy (non-hydrogen) atoms. The topological polar surface area (TPSA) is 69.0 Å². The van der Waals surface area contributed by atoms with Crippen molar-refractivity contribution in [3.8, 4) is 5.82 Å². The Morgan fingerprint density at radius 2 is 1.90 bits per heavy atom. The molecule has 0 aliphatic heterocycles. The Labute approximate surface area is 171 Å². The van der Waals surface area contributed by atoms with Gasteiger partial charge in [0.05, 0.1) is 29.6 Å². The van der Waals surface area contributed by atoms with Crippen molar-refractivity contribution in [3.05, 3.63) is 77.2 Å². The summed E-state index contributed by atoms with van der Waals surface area (Å²) < 4.78 is 44.9. The van der Waals surface area contributed by atoms with Crippen molar-refractivity contribution >= 4 is 5.91 Å². The number of nitrogens with zero attached hydrogens (tertiary/aromatic N) is 3. The van der Waals surface area contributed by atoms with Gasteiger partial charge in [-0.3, -0.25) is 4.79 Å². The van der Waals surface area contributed by atoms with E-state index in [-0.39, 0.29) is 11.7 Å². The number of pyridine rings is 1. The van der Waals surface area contributed by atoms with Crippen molar-refractivity contribution in [2.75, 3.05) is 13.2 Å². The molecule has 0 aliphatic rings. The van der Waals surface area contributed by atoms with Gasteiger partial charge in [-0.1, -0.05) is 30.3 Å². The van der Waals surface area contributed by atoms with Gasteiger partial charge in [-0.25, -0.2) is 9.67 Å². The van der Waals surface area contributed by atoms with Gasteiger partial charge in [0.25, 0.3) is 5.91 Å². The van der Waals surface area contributed by atoms with Gasteiger partial charge in [-0.15, -0.1) is 0 Å². The number of aromatic nitrogens is 3. The summed E-state index contributed by atoms with van der Waals surface area (Å²) >= 11 is 0. The molecule has 2 heterocycles. The van der Waals surface area contributed by atoms with Crippen LogP contribution in [0.1, 0.15) is 33.6 Å². The fourth-order valence-corrected chi connectivity index (χ4v) is 2.78. The van der Waals surface area contributed by atoms with Crippen LogP contribution < -0.4 is 5.32 Å². The molecule has 3 aromatic rings. The molecular formula is C21H21F3N4O2. The molecule has 0 bridgehead atoms. The van der Waals surface area contributed by atoms with Gasteiger partial charge in [0, 0.05) is 19.3 Å². The SMILES string of the molecule is Cc1c(C(=O)NCCCOCc2ccccc2)cnn1-c1ccc(C(F)(F)F)cn1. The zero-order chi connectivity index (χ0) is 21.6. The standard InChI is InChI=1S/C21H21F3N4O2/c1-15-18(13-27-28(15)19-9-8-17(12-26-19)21(22,23)24)20(29)25-10-5-11-30-14-16-6-3-2-4-7-16/h2-4,6-9,12-13H,5,10-11,14H2,1H3,(H,25,29). The lowest BCUT2D eigenvalue weighted by Crippen LogP contribution is -2.25. The number of alkyl halides is 3. The first-order chi connectivity index (χ1) is 14.4. The zero-order valence-corrected chi connectivity index (χ0v) is 16.3. The third-order valence-electron chi connectivity index (χ3n) is 4.41. The van der Waals surface area contributed by atoms with E-state index >= 15 is 0 Å². The molecule has 158 valence electrons. The van der Waals surface area contributed by atoms with Crippen LogP contribution in [0.2, 0.25) is 0 Å². The molecule has 0 saturated heterocycles. The number of carbonyl (C=O) groups is 1. The minimum absolute atomic E-state index is 0.203. The number of nitrogens with one attached hydrogen (secondary N) is 1. The van der Waals surface area contributed by atoms with Crippen LogP contribution in [0.5, 0.6) is 0 Å². The highest BCUT2D eigenvalue weighted by molar-refractivity contribution is 5.95. The second-order valence-electron chi connectivity index (χ2n) is 6.61. The molecule has 1 N–H and O–H groups in total. The number of hydrogen-bond donors (Lipinski definition) is 1. The Morgan fingerprint density at radius 1 is 1.13 bits per heavy atom. The number of ether oxygens (including phenoxy) is 1. The van der Waals surface area contributed by atoms with Crippen molar-refractivity contribution in [3.63, 3.8) is 0 Å². The van der Waals surface area contributed by atoms with Crippen LogP contribution in [0.3, 0.4) is 0 Å². The summed E-state index contributed by atoms with van der Waals surface area (Å²) in [5.74, 6) is -0.109. The highest BCUT2D eigenvalue weighted by Gasteiger charge is 2.30. The number of hydrogen-bond acceptors (Lipinski definition) is 4. The number of benzene rings is 1. The van der Waals surface area contributed by atoms with E-state index in [9.17, 15) is 18.0 Å². The highest BCUT2D eigenvalue weighted by Crippen LogP contribution is 2.28. The van der Waals surface area contributed by atoms with Crippen LogP contribution in [0.15, 0.2) is 54.9 Å². The fourth-order valence-electron chi connectivity index (χ4n) is 2.78. The number of carbonyl (C=O) groups excluding carboxylic acids is 1. The molecule has 0 fully saturated rings. The van der Waals surface area contributed by atoms with Crippen LogP contribution in [-0.4, -0.2) is 33.8 Å². The van der Waals surface area contributed by atoms with Crippen molar-refractivity contribution < 1.29 is 22.7 Å². The minimum Gasteiger partial charge on any atom is -0.377 e. The third-order valence-corrected chi connectivity index (χ3v) is 4.41. The molecule has 0 saturated carbocycles. The van der Waals surface area contributed by atoms with E-state index in [1.807, 2.05) is 30.3 Å². The van der Waals surface area contributed by atoms with Gasteiger partial charge >= 0.3 is 6.18 Å². The maximum absolute atomic E-state index is 12.7. The lowest BCUT2D eigenvalue weighted by molar-refractivity contribution is -0.137. The first-order valence-electron chi connectivity index (χ1n) is 9.34. The van der Waals surface area contributed by atoms with Crippen LogP contribution >= 0.6 is 0 Å². The predicted molar refractivity (Wildman–Crippen MR) is 104 cm³/mol. The Hall–Kier alpha value is -3.20. The Kier molecular flexibility index (Phi) is 6.83. The first-order valence-corrected chi connectivity index (χ1v) is 9.34. The summed E-state index contributed by atoms with van der Waals surface area (Å²) in [4.78, 5) is 16.2.